The van der Waals surface area contributed by atoms with E-state index in [4.69, 9.17) is 26.3 Å². The van der Waals surface area contributed by atoms with E-state index < -0.39 is 9.84 Å². The van der Waals surface area contributed by atoms with Crippen LogP contribution in [0.25, 0.3) is 22.3 Å². The van der Waals surface area contributed by atoms with Gasteiger partial charge in [-0.2, -0.15) is 0 Å². The van der Waals surface area contributed by atoms with Gasteiger partial charge in [-0.15, -0.1) is 0 Å². The van der Waals surface area contributed by atoms with Crippen LogP contribution < -0.4 is 10.1 Å². The molecule has 0 saturated heterocycles. The third-order valence-corrected chi connectivity index (χ3v) is 9.71. The van der Waals surface area contributed by atoms with Crippen LogP contribution in [0.4, 0.5) is 5.95 Å². The minimum absolute atomic E-state index is 0.168. The quantitative estimate of drug-likeness (QED) is 0.242. The number of rotatable bonds is 10. The second-order valence-corrected chi connectivity index (χ2v) is 13.5. The molecule has 0 atom stereocenters. The maximum atomic E-state index is 12.9. The van der Waals surface area contributed by atoms with Crippen LogP contribution in [0, 0.1) is 0 Å². The van der Waals surface area contributed by atoms with Gasteiger partial charge in [0.1, 0.15) is 5.52 Å². The lowest BCUT2D eigenvalue weighted by atomic mass is 9.91. The van der Waals surface area contributed by atoms with E-state index in [0.29, 0.717) is 57.0 Å². The minimum atomic E-state index is -3.52. The third kappa shape index (κ3) is 6.99. The number of hydrogen-bond donors (Lipinski definition) is 1. The number of sulfone groups is 1. The summed E-state index contributed by atoms with van der Waals surface area (Å²) in [6.07, 6.45) is 7.01. The second-order valence-electron chi connectivity index (χ2n) is 11.0. The molecule has 1 aliphatic rings. The van der Waals surface area contributed by atoms with Gasteiger partial charge in [-0.1, -0.05) is 36.7 Å². The second kappa shape index (κ2) is 12.9. The van der Waals surface area contributed by atoms with Gasteiger partial charge in [0, 0.05) is 17.1 Å². The van der Waals surface area contributed by atoms with Gasteiger partial charge in [0.15, 0.2) is 9.84 Å². The first-order valence-corrected chi connectivity index (χ1v) is 16.4. The molecule has 0 amide bonds. The molecule has 0 spiro atoms. The van der Waals surface area contributed by atoms with Crippen LogP contribution >= 0.6 is 11.6 Å². The summed E-state index contributed by atoms with van der Waals surface area (Å²) in [5.74, 6) is 0.530. The Morgan fingerprint density at radius 3 is 2.45 bits per heavy atom. The predicted octanol–water partition coefficient (Wildman–Crippen LogP) is 5.71. The van der Waals surface area contributed by atoms with Crippen LogP contribution in [0.3, 0.4) is 0 Å². The molecule has 1 aliphatic carbocycles. The van der Waals surface area contributed by atoms with Crippen molar-refractivity contribution in [1.29, 1.82) is 0 Å². The van der Waals surface area contributed by atoms with Gasteiger partial charge in [0.2, 0.25) is 11.8 Å². The van der Waals surface area contributed by atoms with Crippen molar-refractivity contribution in [2.45, 2.75) is 62.6 Å². The number of nitrogens with one attached hydrogen (secondary N) is 1. The third-order valence-electron chi connectivity index (χ3n) is 7.85. The maximum absolute atomic E-state index is 12.9. The van der Waals surface area contributed by atoms with Crippen LogP contribution in [0.2, 0.25) is 5.02 Å². The number of halogens is 1. The van der Waals surface area contributed by atoms with E-state index in [9.17, 15) is 8.42 Å². The summed E-state index contributed by atoms with van der Waals surface area (Å²) in [7, 11) is 2.29. The summed E-state index contributed by atoms with van der Waals surface area (Å²) in [5, 5.41) is 3.96. The van der Waals surface area contributed by atoms with Crippen LogP contribution in [-0.2, 0) is 27.8 Å². The zero-order chi connectivity index (χ0) is 29.9. The highest BCUT2D eigenvalue weighted by molar-refractivity contribution is 7.89. The molecule has 1 saturated carbocycles. The molecule has 1 N–H and O–H groups in total. The van der Waals surface area contributed by atoms with Gasteiger partial charge >= 0.3 is 0 Å². The molecule has 1 fully saturated rings. The number of hydrogen-bond acceptors (Lipinski definition) is 9. The van der Waals surface area contributed by atoms with Crippen LogP contribution in [0.1, 0.15) is 49.4 Å². The Hall–Kier alpha value is -3.34. The van der Waals surface area contributed by atoms with Crippen molar-refractivity contribution >= 4 is 38.4 Å². The van der Waals surface area contributed by atoms with Gasteiger partial charge in [-0.25, -0.2) is 28.4 Å². The smallest absolute Gasteiger partial charge is 0.223 e. The Morgan fingerprint density at radius 2 is 1.76 bits per heavy atom. The fraction of sp³-hybridized carbons (Fsp3) is 0.419. The highest BCUT2D eigenvalue weighted by Crippen LogP contribution is 2.32. The first-order valence-electron chi connectivity index (χ1n) is 14.2. The first kappa shape index (κ1) is 30.1. The minimum Gasteiger partial charge on any atom is -0.480 e. The fourth-order valence-corrected chi connectivity index (χ4v) is 7.24. The Balaban J connectivity index is 1.37. The molecule has 5 rings (SSSR count). The first-order chi connectivity index (χ1) is 20.2. The van der Waals surface area contributed by atoms with Crippen molar-refractivity contribution in [1.82, 2.24) is 24.8 Å². The maximum Gasteiger partial charge on any atom is 0.223 e. The number of aromatic nitrogens is 4. The summed E-state index contributed by atoms with van der Waals surface area (Å²) < 4.78 is 31.4. The number of benzene rings is 1. The lowest BCUT2D eigenvalue weighted by molar-refractivity contribution is 0.221. The van der Waals surface area contributed by atoms with Crippen molar-refractivity contribution in [2.24, 2.45) is 0 Å². The van der Waals surface area contributed by atoms with Crippen molar-refractivity contribution in [3.8, 4) is 17.1 Å². The van der Waals surface area contributed by atoms with Crippen LogP contribution in [0.15, 0.2) is 48.7 Å². The van der Waals surface area contributed by atoms with Crippen molar-refractivity contribution < 1.29 is 13.2 Å². The largest absolute Gasteiger partial charge is 0.480 e. The molecular formula is C31H37ClN6O3S. The van der Waals surface area contributed by atoms with Gasteiger partial charge < -0.3 is 15.0 Å². The van der Waals surface area contributed by atoms with Gasteiger partial charge in [-0.3, -0.25) is 0 Å². The number of anilines is 1. The SMILES string of the molecule is CCc1cc(-c2ccc(CS(=O)(=O)Cc3ccccc3Cl)nc2OC)nc2cnc(NC3CCC(N(C)C)CC3)nc12. The van der Waals surface area contributed by atoms with E-state index in [1.807, 2.05) is 6.07 Å². The van der Waals surface area contributed by atoms with Gasteiger partial charge in [0.25, 0.3) is 0 Å². The molecule has 3 heterocycles. The number of pyridine rings is 2. The Kier molecular flexibility index (Phi) is 9.25. The summed E-state index contributed by atoms with van der Waals surface area (Å²) >= 11 is 6.18. The standard InChI is InChI=1S/C31H37ClN6O3S/c1-5-20-16-27(36-28-17-33-31(37-29(20)28)35-22-10-13-24(14-11-22)38(2)3)25-15-12-23(34-30(25)41-4)19-42(39,40)18-21-8-6-7-9-26(21)32/h6-9,12,15-17,22,24H,5,10-11,13-14,18-19H2,1-4H3,(H,33,35,37). The zero-order valence-electron chi connectivity index (χ0n) is 24.5. The van der Waals surface area contributed by atoms with E-state index >= 15 is 0 Å². The topological polar surface area (TPSA) is 110 Å². The summed E-state index contributed by atoms with van der Waals surface area (Å²) in [5.41, 5.74) is 4.81. The number of fused-ring (bicyclic) bond motifs is 1. The average Bonchev–Trinajstić information content (AvgIpc) is 2.97. The number of ether oxygens (including phenoxy) is 1. The normalized spacial score (nSPS) is 17.5. The van der Waals surface area contributed by atoms with E-state index in [-0.39, 0.29) is 11.5 Å². The summed E-state index contributed by atoms with van der Waals surface area (Å²) in [6.45, 7) is 2.08. The molecule has 0 aliphatic heterocycles. The lowest BCUT2D eigenvalue weighted by Gasteiger charge is -2.32. The molecule has 42 heavy (non-hydrogen) atoms. The number of aryl methyl sites for hydroxylation is 1. The Morgan fingerprint density at radius 1 is 1.00 bits per heavy atom. The molecule has 3 aromatic heterocycles. The van der Waals surface area contributed by atoms with E-state index in [2.05, 4.69) is 41.2 Å². The fourth-order valence-electron chi connectivity index (χ4n) is 5.52. The number of methoxy groups -OCH3 is 1. The highest BCUT2D eigenvalue weighted by Gasteiger charge is 2.23. The Labute approximate surface area is 252 Å². The van der Waals surface area contributed by atoms with Gasteiger partial charge in [-0.05, 0) is 81.6 Å². The van der Waals surface area contributed by atoms with E-state index in [1.54, 1.807) is 42.6 Å². The van der Waals surface area contributed by atoms with Crippen molar-refractivity contribution in [2.75, 3.05) is 26.5 Å². The molecule has 0 unspecified atom stereocenters. The van der Waals surface area contributed by atoms with Crippen molar-refractivity contribution in [3.05, 3.63) is 70.5 Å². The molecule has 1 aromatic carbocycles. The molecule has 4 aromatic rings. The van der Waals surface area contributed by atoms with Gasteiger partial charge in [0.05, 0.1) is 47.3 Å². The molecule has 0 radical (unpaired) electrons. The molecule has 11 heteroatoms. The predicted molar refractivity (Wildman–Crippen MR) is 168 cm³/mol. The lowest BCUT2D eigenvalue weighted by Crippen LogP contribution is -2.36. The van der Waals surface area contributed by atoms with Crippen LogP contribution in [0.5, 0.6) is 5.88 Å². The van der Waals surface area contributed by atoms with Crippen LogP contribution in [-0.4, -0.2) is 66.5 Å². The van der Waals surface area contributed by atoms with E-state index in [1.165, 1.54) is 7.11 Å². The molecule has 222 valence electrons. The van der Waals surface area contributed by atoms with Crippen molar-refractivity contribution in [3.63, 3.8) is 0 Å². The summed E-state index contributed by atoms with van der Waals surface area (Å²) in [6, 6.07) is 13.4. The Bertz CT molecular complexity index is 1670. The summed E-state index contributed by atoms with van der Waals surface area (Å²) in [4.78, 5) is 21.1. The number of nitrogens with zero attached hydrogens (tertiary/aromatic N) is 5. The molecule has 0 bridgehead atoms. The zero-order valence-corrected chi connectivity index (χ0v) is 26.0. The van der Waals surface area contributed by atoms with E-state index in [0.717, 1.165) is 43.2 Å². The molecule has 9 nitrogen and oxygen atoms in total. The highest BCUT2D eigenvalue weighted by atomic mass is 35.5. The molecular weight excluding hydrogens is 572 g/mol. The average molecular weight is 609 g/mol. The monoisotopic (exact) mass is 608 g/mol.